The van der Waals surface area contributed by atoms with E-state index in [9.17, 15) is 9.59 Å². The number of rotatable bonds is 8. The van der Waals surface area contributed by atoms with Gasteiger partial charge in [0.25, 0.3) is 0 Å². The number of oxazole rings is 1. The Balaban J connectivity index is 1.48. The van der Waals surface area contributed by atoms with E-state index in [1.54, 1.807) is 4.90 Å². The Morgan fingerprint density at radius 3 is 2.34 bits per heavy atom. The summed E-state index contributed by atoms with van der Waals surface area (Å²) in [5.41, 5.74) is 3.08. The zero-order valence-corrected chi connectivity index (χ0v) is 22.1. The van der Waals surface area contributed by atoms with Gasteiger partial charge in [-0.25, -0.2) is 9.78 Å². The van der Waals surface area contributed by atoms with Crippen LogP contribution in [0.1, 0.15) is 70.9 Å². The van der Waals surface area contributed by atoms with Crippen LogP contribution in [0.2, 0.25) is 0 Å². The largest absolute Gasteiger partial charge is 0.466 e. The Morgan fingerprint density at radius 2 is 1.77 bits per heavy atom. The number of amides is 1. The first-order chi connectivity index (χ1) is 16.6. The van der Waals surface area contributed by atoms with Crippen molar-refractivity contribution in [2.45, 2.75) is 72.6 Å². The van der Waals surface area contributed by atoms with Crippen molar-refractivity contribution in [2.24, 2.45) is 11.8 Å². The molecule has 0 radical (unpaired) electrons. The zero-order valence-electron chi connectivity index (χ0n) is 22.1. The number of carbonyl (C=O) groups excluding carboxylic acids is 2. The third-order valence-corrected chi connectivity index (χ3v) is 6.85. The normalized spacial score (nSPS) is 15.7. The fourth-order valence-corrected chi connectivity index (χ4v) is 4.65. The van der Waals surface area contributed by atoms with Crippen molar-refractivity contribution in [1.82, 2.24) is 9.88 Å². The van der Waals surface area contributed by atoms with Gasteiger partial charge in [-0.15, -0.1) is 0 Å². The molecular weight excluding hydrogens is 444 g/mol. The van der Waals surface area contributed by atoms with Gasteiger partial charge < -0.3 is 18.8 Å². The van der Waals surface area contributed by atoms with E-state index < -0.39 is 0 Å². The molecule has 0 aliphatic carbocycles. The van der Waals surface area contributed by atoms with Crippen LogP contribution in [0.15, 0.2) is 28.7 Å². The third-order valence-electron chi connectivity index (χ3n) is 6.85. The number of esters is 1. The maximum Gasteiger partial charge on any atom is 0.409 e. The molecule has 0 spiro atoms. The molecule has 192 valence electrons. The standard InChI is InChI=1S/C28H40N2O5/c1-7-23(26(31)33-8-2)20-13-16-30(17-14-20)27(32)34-18-15-24-19(3)35-25(29-24)21-9-11-22(12-10-21)28(4,5)6/h9-12,20,23H,7-8,13-18H2,1-6H3. The summed E-state index contributed by atoms with van der Waals surface area (Å²) < 4.78 is 16.6. The number of carbonyl (C=O) groups is 2. The quantitative estimate of drug-likeness (QED) is 0.432. The highest BCUT2D eigenvalue weighted by Crippen LogP contribution is 2.29. The van der Waals surface area contributed by atoms with Gasteiger partial charge in [-0.05, 0) is 62.1 Å². The molecule has 1 unspecified atom stereocenters. The van der Waals surface area contributed by atoms with Crippen LogP contribution >= 0.6 is 0 Å². The molecule has 1 aliphatic heterocycles. The zero-order chi connectivity index (χ0) is 25.6. The lowest BCUT2D eigenvalue weighted by Crippen LogP contribution is -2.42. The van der Waals surface area contributed by atoms with E-state index in [0.29, 0.717) is 32.0 Å². The lowest BCUT2D eigenvalue weighted by atomic mass is 9.83. The van der Waals surface area contributed by atoms with Crippen LogP contribution in [0.5, 0.6) is 0 Å². The Hall–Kier alpha value is -2.83. The Kier molecular flexibility index (Phi) is 8.98. The van der Waals surface area contributed by atoms with Crippen LogP contribution in [-0.4, -0.2) is 48.2 Å². The molecule has 7 nitrogen and oxygen atoms in total. The van der Waals surface area contributed by atoms with Gasteiger partial charge in [-0.2, -0.15) is 0 Å². The number of piperidine rings is 1. The first-order valence-corrected chi connectivity index (χ1v) is 12.8. The maximum absolute atomic E-state index is 12.6. The molecule has 1 saturated heterocycles. The van der Waals surface area contributed by atoms with Gasteiger partial charge in [0.2, 0.25) is 5.89 Å². The van der Waals surface area contributed by atoms with Gasteiger partial charge in [-0.3, -0.25) is 4.79 Å². The minimum absolute atomic E-state index is 0.0912. The topological polar surface area (TPSA) is 81.9 Å². The van der Waals surface area contributed by atoms with Gasteiger partial charge in [0.15, 0.2) is 0 Å². The lowest BCUT2D eigenvalue weighted by Gasteiger charge is -2.34. The van der Waals surface area contributed by atoms with E-state index in [1.165, 1.54) is 5.56 Å². The fraction of sp³-hybridized carbons (Fsp3) is 0.607. The molecule has 1 aliphatic rings. The van der Waals surface area contributed by atoms with E-state index in [-0.39, 0.29) is 35.9 Å². The molecule has 0 bridgehead atoms. The molecule has 1 fully saturated rings. The summed E-state index contributed by atoms with van der Waals surface area (Å²) >= 11 is 0. The summed E-state index contributed by atoms with van der Waals surface area (Å²) in [4.78, 5) is 31.1. The van der Waals surface area contributed by atoms with E-state index in [1.807, 2.05) is 32.9 Å². The van der Waals surface area contributed by atoms with Crippen LogP contribution in [0.4, 0.5) is 4.79 Å². The van der Waals surface area contributed by atoms with Crippen LogP contribution in [0.3, 0.4) is 0 Å². The van der Waals surface area contributed by atoms with Gasteiger partial charge >= 0.3 is 12.1 Å². The minimum atomic E-state index is -0.313. The van der Waals surface area contributed by atoms with E-state index >= 15 is 0 Å². The molecule has 2 aromatic rings. The van der Waals surface area contributed by atoms with Crippen molar-refractivity contribution in [3.8, 4) is 11.5 Å². The molecule has 0 N–H and O–H groups in total. The van der Waals surface area contributed by atoms with Gasteiger partial charge in [0.1, 0.15) is 5.76 Å². The van der Waals surface area contributed by atoms with Crippen molar-refractivity contribution in [3.63, 3.8) is 0 Å². The maximum atomic E-state index is 12.6. The summed E-state index contributed by atoms with van der Waals surface area (Å²) in [6.45, 7) is 14.1. The molecule has 1 aromatic heterocycles. The van der Waals surface area contributed by atoms with E-state index in [2.05, 4.69) is 37.9 Å². The number of hydrogen-bond acceptors (Lipinski definition) is 6. The molecule has 35 heavy (non-hydrogen) atoms. The average molecular weight is 485 g/mol. The predicted molar refractivity (Wildman–Crippen MR) is 135 cm³/mol. The number of aryl methyl sites for hydroxylation is 1. The van der Waals surface area contributed by atoms with Crippen LogP contribution in [0.25, 0.3) is 11.5 Å². The highest BCUT2D eigenvalue weighted by atomic mass is 16.6. The van der Waals surface area contributed by atoms with Crippen molar-refractivity contribution >= 4 is 12.1 Å². The monoisotopic (exact) mass is 484 g/mol. The molecule has 1 aromatic carbocycles. The molecule has 3 rings (SSSR count). The molecule has 1 atom stereocenters. The lowest BCUT2D eigenvalue weighted by molar-refractivity contribution is -0.150. The number of aromatic nitrogens is 1. The molecule has 1 amide bonds. The smallest absolute Gasteiger partial charge is 0.409 e. The van der Waals surface area contributed by atoms with Crippen molar-refractivity contribution in [3.05, 3.63) is 41.3 Å². The number of ether oxygens (including phenoxy) is 2. The number of nitrogens with zero attached hydrogens (tertiary/aromatic N) is 2. The van der Waals surface area contributed by atoms with Gasteiger partial charge in [0, 0.05) is 25.1 Å². The number of likely N-dealkylation sites (tertiary alicyclic amines) is 1. The second-order valence-corrected chi connectivity index (χ2v) is 10.3. The fourth-order valence-electron chi connectivity index (χ4n) is 4.65. The summed E-state index contributed by atoms with van der Waals surface area (Å²) in [5.74, 6) is 1.35. The average Bonchev–Trinajstić information content (AvgIpc) is 3.20. The van der Waals surface area contributed by atoms with Gasteiger partial charge in [-0.1, -0.05) is 39.8 Å². The van der Waals surface area contributed by atoms with Crippen LogP contribution < -0.4 is 0 Å². The first-order valence-electron chi connectivity index (χ1n) is 12.8. The first kappa shape index (κ1) is 26.8. The molecule has 2 heterocycles. The summed E-state index contributed by atoms with van der Waals surface area (Å²) in [7, 11) is 0. The SMILES string of the molecule is CCOC(=O)C(CC)C1CCN(C(=O)OCCc2nc(-c3ccc(C(C)(C)C)cc3)oc2C)CC1. The highest BCUT2D eigenvalue weighted by molar-refractivity contribution is 5.73. The van der Waals surface area contributed by atoms with E-state index in [0.717, 1.165) is 36.3 Å². The summed E-state index contributed by atoms with van der Waals surface area (Å²) in [5, 5.41) is 0. The number of benzene rings is 1. The summed E-state index contributed by atoms with van der Waals surface area (Å²) in [6, 6.07) is 8.28. The molecule has 7 heteroatoms. The van der Waals surface area contributed by atoms with Crippen molar-refractivity contribution < 1.29 is 23.5 Å². The highest BCUT2D eigenvalue weighted by Gasteiger charge is 2.32. The Bertz CT molecular complexity index is 982. The van der Waals surface area contributed by atoms with Crippen LogP contribution in [0, 0.1) is 18.8 Å². The molecular formula is C28H40N2O5. The second-order valence-electron chi connectivity index (χ2n) is 10.3. The van der Waals surface area contributed by atoms with E-state index in [4.69, 9.17) is 13.9 Å². The van der Waals surface area contributed by atoms with Gasteiger partial charge in [0.05, 0.1) is 24.8 Å². The third kappa shape index (κ3) is 6.86. The van der Waals surface area contributed by atoms with Crippen molar-refractivity contribution in [1.29, 1.82) is 0 Å². The molecule has 0 saturated carbocycles. The Morgan fingerprint density at radius 1 is 1.11 bits per heavy atom. The van der Waals surface area contributed by atoms with Crippen molar-refractivity contribution in [2.75, 3.05) is 26.3 Å². The summed E-state index contributed by atoms with van der Waals surface area (Å²) in [6.07, 6.45) is 2.51. The number of hydrogen-bond donors (Lipinski definition) is 0. The Labute approximate surface area is 209 Å². The predicted octanol–water partition coefficient (Wildman–Crippen LogP) is 5.93. The second kappa shape index (κ2) is 11.7. The van der Waals surface area contributed by atoms with Crippen LogP contribution in [-0.2, 0) is 26.1 Å². The minimum Gasteiger partial charge on any atom is -0.466 e.